The van der Waals surface area contributed by atoms with Crippen LogP contribution in [0.4, 0.5) is 9.80 Å². The molecule has 2 fully saturated rings. The molecule has 26 heavy (non-hydrogen) atoms. The molecule has 0 aromatic carbocycles. The van der Waals surface area contributed by atoms with Crippen molar-refractivity contribution in [3.8, 4) is 0 Å². The summed E-state index contributed by atoms with van der Waals surface area (Å²) in [7, 11) is 4.66. The highest BCUT2D eigenvalue weighted by Crippen LogP contribution is 2.40. The number of rotatable bonds is 4. The number of ether oxygens (including phenoxy) is 1. The van der Waals surface area contributed by atoms with Gasteiger partial charge in [-0.25, -0.2) is 4.79 Å². The summed E-state index contributed by atoms with van der Waals surface area (Å²) >= 11 is 3.24. The molecule has 2 aliphatic heterocycles. The standard InChI is InChI=1S/C19H25N2O2S2.HI/c1-21(2)15-5-6-16(21)11-17(10-15)23-19(22)20(18-4-3-8-25-18)12-14-7-9-24-13-14;/h3-4,7-9,13,15-17H,5-6,10-12H2,1-2H3;1H/q+1;/p-1/t15-,16+,17+;. The Labute approximate surface area is 180 Å². The van der Waals surface area contributed by atoms with E-state index in [9.17, 15) is 4.79 Å². The van der Waals surface area contributed by atoms with Crippen LogP contribution in [0.5, 0.6) is 0 Å². The lowest BCUT2D eigenvalue weighted by Crippen LogP contribution is -3.00. The van der Waals surface area contributed by atoms with Gasteiger partial charge in [-0.05, 0) is 39.9 Å². The van der Waals surface area contributed by atoms with E-state index >= 15 is 0 Å². The highest BCUT2D eigenvalue weighted by Gasteiger charge is 2.50. The number of hydrogen-bond acceptors (Lipinski definition) is 4. The van der Waals surface area contributed by atoms with Crippen LogP contribution < -0.4 is 28.9 Å². The Morgan fingerprint density at radius 2 is 1.96 bits per heavy atom. The van der Waals surface area contributed by atoms with Crippen LogP contribution in [0, 0.1) is 0 Å². The first-order valence-electron chi connectivity index (χ1n) is 8.90. The second-order valence-electron chi connectivity index (χ2n) is 7.66. The van der Waals surface area contributed by atoms with E-state index in [1.807, 2.05) is 22.9 Å². The average molecular weight is 504 g/mol. The maximum atomic E-state index is 12.9. The molecule has 4 nitrogen and oxygen atoms in total. The van der Waals surface area contributed by atoms with Crippen LogP contribution >= 0.6 is 22.7 Å². The molecule has 2 aliphatic rings. The maximum absolute atomic E-state index is 12.9. The molecule has 4 rings (SSSR count). The molecule has 0 unspecified atom stereocenters. The predicted octanol–water partition coefficient (Wildman–Crippen LogP) is 1.73. The third kappa shape index (κ3) is 3.95. The zero-order chi connectivity index (χ0) is 17.4. The van der Waals surface area contributed by atoms with Crippen LogP contribution in [-0.2, 0) is 11.3 Å². The number of fused-ring (bicyclic) bond motifs is 2. The number of anilines is 1. The summed E-state index contributed by atoms with van der Waals surface area (Å²) in [6, 6.07) is 7.30. The van der Waals surface area contributed by atoms with Gasteiger partial charge >= 0.3 is 6.09 Å². The molecule has 2 aromatic heterocycles. The fourth-order valence-electron chi connectivity index (χ4n) is 4.35. The summed E-state index contributed by atoms with van der Waals surface area (Å²) in [5, 5.41) is 7.09. The number of amides is 1. The van der Waals surface area contributed by atoms with Crippen LogP contribution in [0.2, 0.25) is 0 Å². The summed E-state index contributed by atoms with van der Waals surface area (Å²) in [5.41, 5.74) is 1.15. The largest absolute Gasteiger partial charge is 1.00 e. The average Bonchev–Trinajstić information content (AvgIpc) is 3.28. The minimum Gasteiger partial charge on any atom is -1.00 e. The highest BCUT2D eigenvalue weighted by molar-refractivity contribution is 7.14. The fraction of sp³-hybridized carbons (Fsp3) is 0.526. The molecule has 142 valence electrons. The van der Waals surface area contributed by atoms with E-state index in [1.165, 1.54) is 12.8 Å². The lowest BCUT2D eigenvalue weighted by atomic mass is 9.98. The van der Waals surface area contributed by atoms with Gasteiger partial charge in [0, 0.05) is 25.7 Å². The second kappa shape index (κ2) is 8.16. The highest BCUT2D eigenvalue weighted by atomic mass is 127. The minimum atomic E-state index is -0.203. The van der Waals surface area contributed by atoms with Crippen molar-refractivity contribution in [2.45, 2.75) is 50.4 Å². The lowest BCUT2D eigenvalue weighted by molar-refractivity contribution is -0.931. The smallest absolute Gasteiger partial charge is 0.415 e. The van der Waals surface area contributed by atoms with Gasteiger partial charge in [0.1, 0.15) is 11.1 Å². The first kappa shape index (κ1) is 20.1. The Morgan fingerprint density at radius 1 is 1.23 bits per heavy atom. The van der Waals surface area contributed by atoms with Gasteiger partial charge in [0.15, 0.2) is 0 Å². The molecule has 2 bridgehead atoms. The molecule has 0 aliphatic carbocycles. The van der Waals surface area contributed by atoms with Crippen LogP contribution in [0.25, 0.3) is 0 Å². The van der Waals surface area contributed by atoms with Crippen LogP contribution in [0.15, 0.2) is 34.3 Å². The first-order chi connectivity index (χ1) is 12.0. The van der Waals surface area contributed by atoms with Gasteiger partial charge < -0.3 is 33.2 Å². The molecular weight excluding hydrogens is 479 g/mol. The number of halogens is 1. The van der Waals surface area contributed by atoms with Crippen molar-refractivity contribution in [1.82, 2.24) is 0 Å². The quantitative estimate of drug-likeness (QED) is 0.469. The van der Waals surface area contributed by atoms with E-state index in [0.717, 1.165) is 27.9 Å². The van der Waals surface area contributed by atoms with Crippen molar-refractivity contribution in [1.29, 1.82) is 0 Å². The van der Waals surface area contributed by atoms with E-state index in [2.05, 4.69) is 25.5 Å². The van der Waals surface area contributed by atoms with Crippen LogP contribution in [0.3, 0.4) is 0 Å². The van der Waals surface area contributed by atoms with Gasteiger partial charge in [0.2, 0.25) is 0 Å². The maximum Gasteiger partial charge on any atom is 0.415 e. The van der Waals surface area contributed by atoms with E-state index in [0.29, 0.717) is 18.6 Å². The Hall–Kier alpha value is -0.640. The normalized spacial score (nSPS) is 26.2. The Balaban J connectivity index is 0.00000196. The van der Waals surface area contributed by atoms with Crippen molar-refractivity contribution in [3.05, 3.63) is 39.9 Å². The van der Waals surface area contributed by atoms with Crippen molar-refractivity contribution < 1.29 is 38.0 Å². The molecule has 1 amide bonds. The number of carbonyl (C=O) groups is 1. The van der Waals surface area contributed by atoms with Crippen molar-refractivity contribution in [3.63, 3.8) is 0 Å². The van der Waals surface area contributed by atoms with Crippen LogP contribution in [-0.4, -0.2) is 42.9 Å². The number of carbonyl (C=O) groups excluding carboxylic acids is 1. The molecule has 0 spiro atoms. The monoisotopic (exact) mass is 504 g/mol. The van der Waals surface area contributed by atoms with E-state index in [4.69, 9.17) is 4.74 Å². The predicted molar refractivity (Wildman–Crippen MR) is 103 cm³/mol. The van der Waals surface area contributed by atoms with Crippen molar-refractivity contribution in [2.75, 3.05) is 19.0 Å². The summed E-state index contributed by atoms with van der Waals surface area (Å²) in [6.45, 7) is 0.573. The molecule has 7 heteroatoms. The van der Waals surface area contributed by atoms with Gasteiger partial charge in [0.25, 0.3) is 0 Å². The zero-order valence-corrected chi connectivity index (χ0v) is 18.9. The Morgan fingerprint density at radius 3 is 2.54 bits per heavy atom. The lowest BCUT2D eigenvalue weighted by Gasteiger charge is -2.44. The molecule has 3 atom stereocenters. The first-order valence-corrected chi connectivity index (χ1v) is 10.7. The number of thiophene rings is 2. The molecule has 0 saturated carbocycles. The molecule has 4 heterocycles. The van der Waals surface area contributed by atoms with Gasteiger partial charge in [0.05, 0.1) is 32.7 Å². The molecule has 2 aromatic rings. The van der Waals surface area contributed by atoms with Crippen molar-refractivity contribution >= 4 is 33.8 Å². The molecular formula is C19H25IN2O2S2. The second-order valence-corrected chi connectivity index (χ2v) is 9.37. The van der Waals surface area contributed by atoms with Gasteiger partial charge in [-0.3, -0.25) is 4.90 Å². The summed E-state index contributed by atoms with van der Waals surface area (Å²) < 4.78 is 7.08. The van der Waals surface area contributed by atoms with E-state index in [1.54, 1.807) is 27.6 Å². The van der Waals surface area contributed by atoms with E-state index in [-0.39, 0.29) is 36.2 Å². The summed E-state index contributed by atoms with van der Waals surface area (Å²) in [5.74, 6) is 0. The number of quaternary nitrogens is 1. The van der Waals surface area contributed by atoms with Gasteiger partial charge in [-0.2, -0.15) is 11.3 Å². The summed E-state index contributed by atoms with van der Waals surface area (Å²) in [6.07, 6.45) is 4.36. The number of nitrogens with zero attached hydrogens (tertiary/aromatic N) is 2. The third-order valence-corrected chi connectivity index (χ3v) is 7.59. The summed E-state index contributed by atoms with van der Waals surface area (Å²) in [4.78, 5) is 14.7. The number of hydrogen-bond donors (Lipinski definition) is 0. The molecule has 0 N–H and O–H groups in total. The zero-order valence-electron chi connectivity index (χ0n) is 15.1. The topological polar surface area (TPSA) is 29.5 Å². The van der Waals surface area contributed by atoms with E-state index < -0.39 is 0 Å². The Kier molecular flexibility index (Phi) is 6.31. The number of piperidine rings is 1. The van der Waals surface area contributed by atoms with Gasteiger partial charge in [-0.1, -0.05) is 0 Å². The third-order valence-electron chi connectivity index (χ3n) is 5.97. The Bertz CT molecular complexity index is 702. The molecule has 2 saturated heterocycles. The minimum absolute atomic E-state index is 0. The molecule has 0 radical (unpaired) electrons. The van der Waals surface area contributed by atoms with Crippen molar-refractivity contribution in [2.24, 2.45) is 0 Å². The SMILES string of the molecule is C[N+]1(C)[C@@H]2CC[C@H]1C[C@@H](OC(=O)N(Cc1ccsc1)c1cccs1)C2.[I-]. The van der Waals surface area contributed by atoms with Gasteiger partial charge in [-0.15, -0.1) is 11.3 Å². The van der Waals surface area contributed by atoms with Crippen LogP contribution in [0.1, 0.15) is 31.2 Å². The fourth-order valence-corrected chi connectivity index (χ4v) is 5.73.